The standard InChI is InChI=1S/C17H15Br2NO5S/c1-4-5-25-14-11(18)6-10(7-12(14)19)8-13-15(21)20(17(23)26-13)9(2)16(22)24-3/h4,6-9H,1,5H2,2-3H3/b13-8-/t9-/m1/s1. The lowest BCUT2D eigenvalue weighted by atomic mass is 10.2. The first-order valence-corrected chi connectivity index (χ1v) is 9.78. The van der Waals surface area contributed by atoms with Crippen LogP contribution in [0.2, 0.25) is 0 Å². The topological polar surface area (TPSA) is 72.9 Å². The van der Waals surface area contributed by atoms with Crippen molar-refractivity contribution >= 4 is 66.8 Å². The van der Waals surface area contributed by atoms with Crippen LogP contribution < -0.4 is 4.74 Å². The van der Waals surface area contributed by atoms with E-state index in [1.807, 2.05) is 0 Å². The van der Waals surface area contributed by atoms with Gasteiger partial charge < -0.3 is 9.47 Å². The van der Waals surface area contributed by atoms with Gasteiger partial charge in [-0.25, -0.2) is 4.79 Å². The van der Waals surface area contributed by atoms with E-state index in [4.69, 9.17) is 4.74 Å². The number of hydrogen-bond donors (Lipinski definition) is 0. The molecule has 0 spiro atoms. The number of thioether (sulfide) groups is 1. The second-order valence-electron chi connectivity index (χ2n) is 5.16. The third-order valence-corrected chi connectivity index (χ3v) is 5.48. The van der Waals surface area contributed by atoms with Crippen LogP contribution in [0.4, 0.5) is 4.79 Å². The zero-order valence-electron chi connectivity index (χ0n) is 14.0. The van der Waals surface area contributed by atoms with E-state index in [1.165, 1.54) is 14.0 Å². The summed E-state index contributed by atoms with van der Waals surface area (Å²) in [6, 6.07) is 2.55. The summed E-state index contributed by atoms with van der Waals surface area (Å²) in [6.07, 6.45) is 3.22. The summed E-state index contributed by atoms with van der Waals surface area (Å²) < 4.78 is 11.5. The lowest BCUT2D eigenvalue weighted by Gasteiger charge is -2.18. The van der Waals surface area contributed by atoms with Crippen LogP contribution >= 0.6 is 43.6 Å². The van der Waals surface area contributed by atoms with E-state index >= 15 is 0 Å². The molecular weight excluding hydrogens is 490 g/mol. The molecule has 1 saturated heterocycles. The Morgan fingerprint density at radius 1 is 1.35 bits per heavy atom. The lowest BCUT2D eigenvalue weighted by Crippen LogP contribution is -2.42. The molecule has 0 aromatic heterocycles. The first-order valence-electron chi connectivity index (χ1n) is 7.37. The van der Waals surface area contributed by atoms with Crippen molar-refractivity contribution < 1.29 is 23.9 Å². The monoisotopic (exact) mass is 503 g/mol. The number of halogens is 2. The third kappa shape index (κ3) is 4.39. The highest BCUT2D eigenvalue weighted by Gasteiger charge is 2.41. The molecule has 138 valence electrons. The SMILES string of the molecule is C=CCOc1c(Br)cc(/C=C2\SC(=O)N([C@H](C)C(=O)OC)C2=O)cc1Br. The maximum Gasteiger partial charge on any atom is 0.328 e. The largest absolute Gasteiger partial charge is 0.487 e. The van der Waals surface area contributed by atoms with Crippen molar-refractivity contribution in [2.24, 2.45) is 0 Å². The van der Waals surface area contributed by atoms with E-state index in [-0.39, 0.29) is 4.91 Å². The summed E-state index contributed by atoms with van der Waals surface area (Å²) in [5.74, 6) is -0.575. The van der Waals surface area contributed by atoms with Gasteiger partial charge in [-0.1, -0.05) is 12.7 Å². The maximum atomic E-state index is 12.5. The van der Waals surface area contributed by atoms with Gasteiger partial charge >= 0.3 is 5.97 Å². The molecule has 1 fully saturated rings. The Balaban J connectivity index is 2.30. The smallest absolute Gasteiger partial charge is 0.328 e. The van der Waals surface area contributed by atoms with Gasteiger partial charge in [0.05, 0.1) is 21.0 Å². The number of rotatable bonds is 6. The molecule has 2 rings (SSSR count). The van der Waals surface area contributed by atoms with Gasteiger partial charge in [-0.15, -0.1) is 0 Å². The van der Waals surface area contributed by atoms with Gasteiger partial charge in [0, 0.05) is 0 Å². The summed E-state index contributed by atoms with van der Waals surface area (Å²) >= 11 is 7.62. The van der Waals surface area contributed by atoms with Crippen LogP contribution in [0.1, 0.15) is 12.5 Å². The molecule has 0 saturated carbocycles. The molecule has 9 heteroatoms. The van der Waals surface area contributed by atoms with E-state index in [0.29, 0.717) is 26.9 Å². The molecule has 1 aromatic rings. The number of carbonyl (C=O) groups is 3. The number of methoxy groups -OCH3 is 1. The Kier molecular flexibility index (Phi) is 7.08. The average Bonchev–Trinajstić information content (AvgIpc) is 2.86. The molecular formula is C17H15Br2NO5S. The number of nitrogens with zero attached hydrogens (tertiary/aromatic N) is 1. The summed E-state index contributed by atoms with van der Waals surface area (Å²) in [5.41, 5.74) is 0.686. The second kappa shape index (κ2) is 8.88. The van der Waals surface area contributed by atoms with Gasteiger partial charge in [-0.2, -0.15) is 0 Å². The van der Waals surface area contributed by atoms with Crippen LogP contribution in [0.25, 0.3) is 6.08 Å². The van der Waals surface area contributed by atoms with Crippen molar-refractivity contribution in [2.75, 3.05) is 13.7 Å². The summed E-state index contributed by atoms with van der Waals surface area (Å²) in [5, 5.41) is -0.511. The quantitative estimate of drug-likeness (QED) is 0.325. The molecule has 0 unspecified atom stereocenters. The van der Waals surface area contributed by atoms with Gasteiger partial charge in [0.25, 0.3) is 11.1 Å². The Morgan fingerprint density at radius 3 is 2.50 bits per heavy atom. The molecule has 6 nitrogen and oxygen atoms in total. The number of amides is 2. The Labute approximate surface area is 171 Å². The van der Waals surface area contributed by atoms with Crippen molar-refractivity contribution in [3.8, 4) is 5.75 Å². The van der Waals surface area contributed by atoms with Gasteiger partial charge in [-0.05, 0) is 74.3 Å². The highest BCUT2D eigenvalue weighted by molar-refractivity contribution is 9.11. The van der Waals surface area contributed by atoms with Gasteiger partial charge in [0.1, 0.15) is 18.4 Å². The molecule has 0 radical (unpaired) electrons. The van der Waals surface area contributed by atoms with Crippen molar-refractivity contribution in [3.63, 3.8) is 0 Å². The number of hydrogen-bond acceptors (Lipinski definition) is 6. The number of benzene rings is 1. The first kappa shape index (κ1) is 20.7. The average molecular weight is 505 g/mol. The Hall–Kier alpha value is -1.58. The fourth-order valence-corrected chi connectivity index (χ4v) is 4.54. The third-order valence-electron chi connectivity index (χ3n) is 3.42. The minimum absolute atomic E-state index is 0.226. The molecule has 0 bridgehead atoms. The fraction of sp³-hybridized carbons (Fsp3) is 0.235. The molecule has 1 aliphatic heterocycles. The lowest BCUT2D eigenvalue weighted by molar-refractivity contribution is -0.148. The minimum atomic E-state index is -0.980. The van der Waals surface area contributed by atoms with Crippen LogP contribution in [0.5, 0.6) is 5.75 Å². The molecule has 26 heavy (non-hydrogen) atoms. The van der Waals surface area contributed by atoms with E-state index in [1.54, 1.807) is 24.3 Å². The van der Waals surface area contributed by atoms with Crippen molar-refractivity contribution in [3.05, 3.63) is 44.2 Å². The molecule has 1 aromatic carbocycles. The molecule has 1 atom stereocenters. The van der Waals surface area contributed by atoms with Crippen LogP contribution in [0, 0.1) is 0 Å². The second-order valence-corrected chi connectivity index (χ2v) is 7.87. The van der Waals surface area contributed by atoms with Gasteiger partial charge in [-0.3, -0.25) is 14.5 Å². The Bertz CT molecular complexity index is 785. The summed E-state index contributed by atoms with van der Waals surface area (Å²) in [4.78, 5) is 37.4. The van der Waals surface area contributed by atoms with Crippen LogP contribution in [0.3, 0.4) is 0 Å². The van der Waals surface area contributed by atoms with Crippen LogP contribution in [-0.4, -0.2) is 41.8 Å². The normalized spacial score (nSPS) is 16.8. The number of carbonyl (C=O) groups excluding carboxylic acids is 3. The predicted octanol–water partition coefficient (Wildman–Crippen LogP) is 4.37. The zero-order valence-corrected chi connectivity index (χ0v) is 17.9. The van der Waals surface area contributed by atoms with E-state index in [0.717, 1.165) is 16.7 Å². The molecule has 2 amide bonds. The van der Waals surface area contributed by atoms with Crippen molar-refractivity contribution in [1.29, 1.82) is 0 Å². The maximum absolute atomic E-state index is 12.5. The van der Waals surface area contributed by atoms with Crippen LogP contribution in [-0.2, 0) is 14.3 Å². The zero-order chi connectivity index (χ0) is 19.4. The minimum Gasteiger partial charge on any atom is -0.487 e. The number of imide groups is 1. The van der Waals surface area contributed by atoms with E-state index < -0.39 is 23.2 Å². The fourth-order valence-electron chi connectivity index (χ4n) is 2.18. The van der Waals surface area contributed by atoms with Gasteiger partial charge in [0.15, 0.2) is 0 Å². The summed E-state index contributed by atoms with van der Waals surface area (Å²) in [7, 11) is 1.21. The van der Waals surface area contributed by atoms with Gasteiger partial charge in [0.2, 0.25) is 0 Å². The molecule has 1 aliphatic rings. The first-order chi connectivity index (χ1) is 12.3. The van der Waals surface area contributed by atoms with E-state index in [2.05, 4.69) is 43.2 Å². The number of esters is 1. The molecule has 0 aliphatic carbocycles. The van der Waals surface area contributed by atoms with Crippen LogP contribution in [0.15, 0.2) is 38.6 Å². The van der Waals surface area contributed by atoms with Crippen molar-refractivity contribution in [1.82, 2.24) is 4.90 Å². The highest BCUT2D eigenvalue weighted by Crippen LogP contribution is 2.38. The summed E-state index contributed by atoms with van der Waals surface area (Å²) in [6.45, 7) is 5.40. The predicted molar refractivity (Wildman–Crippen MR) is 107 cm³/mol. The molecule has 0 N–H and O–H groups in total. The number of ether oxygens (including phenoxy) is 2. The molecule has 1 heterocycles. The highest BCUT2D eigenvalue weighted by atomic mass is 79.9. The Morgan fingerprint density at radius 2 is 1.96 bits per heavy atom. The van der Waals surface area contributed by atoms with E-state index in [9.17, 15) is 14.4 Å². The van der Waals surface area contributed by atoms with Crippen molar-refractivity contribution in [2.45, 2.75) is 13.0 Å².